The number of esters is 1. The number of rotatable bonds is 33. The third kappa shape index (κ3) is 25.8. The molecule has 1 rings (SSSR count). The van der Waals surface area contributed by atoms with Gasteiger partial charge < -0.3 is 47.4 Å². The molecule has 0 spiro atoms. The van der Waals surface area contributed by atoms with Gasteiger partial charge in [0, 0.05) is 5.57 Å². The van der Waals surface area contributed by atoms with E-state index in [1.807, 2.05) is 0 Å². The predicted molar refractivity (Wildman–Crippen MR) is 163 cm³/mol. The maximum Gasteiger partial charge on any atom is 0.333 e. The SMILES string of the molecule is C=C(C)C(=O)OCCOCCOCCOCCOCCOCCOCCOCCOCCOCCOS(=O)(=O)c1ccccc1. The van der Waals surface area contributed by atoms with Crippen LogP contribution in [0.3, 0.4) is 0 Å². The zero-order valence-corrected chi connectivity index (χ0v) is 27.2. The Bertz CT molecular complexity index is 945. The lowest BCUT2D eigenvalue weighted by molar-refractivity contribution is -0.140. The molecule has 0 aromatic heterocycles. The van der Waals surface area contributed by atoms with E-state index < -0.39 is 16.1 Å². The fraction of sp³-hybridized carbons (Fsp3) is 0.700. The van der Waals surface area contributed by atoms with E-state index in [1.54, 1.807) is 25.1 Å². The van der Waals surface area contributed by atoms with E-state index in [9.17, 15) is 13.2 Å². The van der Waals surface area contributed by atoms with Crippen LogP contribution in [0.5, 0.6) is 0 Å². The van der Waals surface area contributed by atoms with Crippen molar-refractivity contribution >= 4 is 16.1 Å². The maximum atomic E-state index is 12.0. The van der Waals surface area contributed by atoms with E-state index in [0.717, 1.165) is 0 Å². The summed E-state index contributed by atoms with van der Waals surface area (Å²) in [6.45, 7) is 12.7. The summed E-state index contributed by atoms with van der Waals surface area (Å²) < 4.78 is 82.3. The largest absolute Gasteiger partial charge is 0.460 e. The number of ether oxygens (including phenoxy) is 10. The minimum absolute atomic E-state index is 0.0630. The number of hydrogen-bond acceptors (Lipinski definition) is 14. The highest BCUT2D eigenvalue weighted by atomic mass is 32.2. The molecule has 45 heavy (non-hydrogen) atoms. The van der Waals surface area contributed by atoms with Crippen molar-refractivity contribution in [3.8, 4) is 0 Å². The van der Waals surface area contributed by atoms with Crippen LogP contribution < -0.4 is 0 Å². The first-order valence-electron chi connectivity index (χ1n) is 14.9. The van der Waals surface area contributed by atoms with Crippen LogP contribution >= 0.6 is 0 Å². The van der Waals surface area contributed by atoms with Crippen LogP contribution in [0.4, 0.5) is 0 Å². The van der Waals surface area contributed by atoms with E-state index >= 15 is 0 Å². The highest BCUT2D eigenvalue weighted by Crippen LogP contribution is 2.10. The smallest absolute Gasteiger partial charge is 0.333 e. The molecule has 0 radical (unpaired) electrons. The van der Waals surface area contributed by atoms with Crippen molar-refractivity contribution in [2.24, 2.45) is 0 Å². The maximum absolute atomic E-state index is 12.0. The molecule has 0 N–H and O–H groups in total. The second-order valence-electron chi connectivity index (χ2n) is 9.02. The van der Waals surface area contributed by atoms with Gasteiger partial charge in [-0.3, -0.25) is 4.18 Å². The first kappa shape index (κ1) is 41.0. The standard InChI is InChI=1S/C30H50O14S/c1-28(2)30(31)43-26-24-41-22-20-39-18-16-37-14-12-35-10-8-34-9-11-36-13-15-38-17-19-40-21-23-42-25-27-44-45(32,33)29-6-4-3-5-7-29/h3-7H,1,8-27H2,2H3. The lowest BCUT2D eigenvalue weighted by Crippen LogP contribution is -2.16. The molecule has 0 atom stereocenters. The fourth-order valence-electron chi connectivity index (χ4n) is 3.04. The van der Waals surface area contributed by atoms with Gasteiger partial charge in [0.2, 0.25) is 0 Å². The minimum atomic E-state index is -3.76. The van der Waals surface area contributed by atoms with Crippen LogP contribution in [0.25, 0.3) is 0 Å². The van der Waals surface area contributed by atoms with Gasteiger partial charge in [0.1, 0.15) is 6.61 Å². The molecule has 0 heterocycles. The molecular weight excluding hydrogens is 616 g/mol. The number of hydrogen-bond donors (Lipinski definition) is 0. The summed E-state index contributed by atoms with van der Waals surface area (Å²) in [4.78, 5) is 11.3. The monoisotopic (exact) mass is 666 g/mol. The van der Waals surface area contributed by atoms with Gasteiger partial charge in [-0.1, -0.05) is 24.8 Å². The normalized spacial score (nSPS) is 11.6. The topological polar surface area (TPSA) is 153 Å². The Labute approximate surface area is 267 Å². The average molecular weight is 667 g/mol. The lowest BCUT2D eigenvalue weighted by Gasteiger charge is -2.09. The highest BCUT2D eigenvalue weighted by molar-refractivity contribution is 7.86. The summed E-state index contributed by atoms with van der Waals surface area (Å²) in [6, 6.07) is 7.96. The van der Waals surface area contributed by atoms with Crippen molar-refractivity contribution in [1.29, 1.82) is 0 Å². The van der Waals surface area contributed by atoms with Gasteiger partial charge in [-0.25, -0.2) is 4.79 Å². The first-order chi connectivity index (χ1) is 21.9. The molecule has 260 valence electrons. The zero-order chi connectivity index (χ0) is 32.7. The van der Waals surface area contributed by atoms with E-state index in [1.165, 1.54) is 12.1 Å². The summed E-state index contributed by atoms with van der Waals surface area (Å²) in [5, 5.41) is 0. The van der Waals surface area contributed by atoms with Gasteiger partial charge in [-0.15, -0.1) is 0 Å². The Morgan fingerprint density at radius 2 is 0.800 bits per heavy atom. The van der Waals surface area contributed by atoms with Crippen LogP contribution in [-0.2, 0) is 66.5 Å². The predicted octanol–water partition coefficient (Wildman–Crippen LogP) is 1.66. The summed E-state index contributed by atoms with van der Waals surface area (Å²) in [5.41, 5.74) is 0.363. The fourth-order valence-corrected chi connectivity index (χ4v) is 3.95. The molecule has 0 bridgehead atoms. The van der Waals surface area contributed by atoms with Crippen molar-refractivity contribution in [1.82, 2.24) is 0 Å². The Kier molecular flexibility index (Phi) is 26.8. The van der Waals surface area contributed by atoms with Crippen molar-refractivity contribution < 1.29 is 64.8 Å². The van der Waals surface area contributed by atoms with Crippen LogP contribution in [-0.4, -0.2) is 147 Å². The minimum Gasteiger partial charge on any atom is -0.460 e. The molecular formula is C30H50O14S. The molecule has 1 aromatic carbocycles. The van der Waals surface area contributed by atoms with Gasteiger partial charge in [-0.2, -0.15) is 8.42 Å². The Morgan fingerprint density at radius 3 is 1.11 bits per heavy atom. The van der Waals surface area contributed by atoms with Gasteiger partial charge >= 0.3 is 5.97 Å². The van der Waals surface area contributed by atoms with Crippen LogP contribution in [0, 0.1) is 0 Å². The summed E-state index contributed by atoms with van der Waals surface area (Å²) in [6.07, 6.45) is 0. The summed E-state index contributed by atoms with van der Waals surface area (Å²) >= 11 is 0. The summed E-state index contributed by atoms with van der Waals surface area (Å²) in [7, 11) is -3.76. The number of carbonyl (C=O) groups excluding carboxylic acids is 1. The Hall–Kier alpha value is -2.02. The molecule has 0 amide bonds. The first-order valence-corrected chi connectivity index (χ1v) is 16.3. The van der Waals surface area contributed by atoms with Gasteiger partial charge in [0.15, 0.2) is 0 Å². The quantitative estimate of drug-likeness (QED) is 0.0463. The van der Waals surface area contributed by atoms with Crippen molar-refractivity contribution in [3.05, 3.63) is 42.5 Å². The van der Waals surface area contributed by atoms with E-state index in [-0.39, 0.29) is 24.7 Å². The number of carbonyl (C=O) groups is 1. The third-order valence-corrected chi connectivity index (χ3v) is 6.61. The number of benzene rings is 1. The second-order valence-corrected chi connectivity index (χ2v) is 10.6. The molecule has 1 aromatic rings. The van der Waals surface area contributed by atoms with Crippen molar-refractivity contribution in [2.45, 2.75) is 11.8 Å². The molecule has 0 aliphatic rings. The Morgan fingerprint density at radius 1 is 0.511 bits per heavy atom. The summed E-state index contributed by atoms with van der Waals surface area (Å²) in [5.74, 6) is -0.420. The molecule has 0 aliphatic carbocycles. The molecule has 0 aliphatic heterocycles. The van der Waals surface area contributed by atoms with Crippen LogP contribution in [0.2, 0.25) is 0 Å². The van der Waals surface area contributed by atoms with E-state index in [2.05, 4.69) is 6.58 Å². The molecule has 0 saturated carbocycles. The van der Waals surface area contributed by atoms with Gasteiger partial charge in [0.25, 0.3) is 10.1 Å². The Balaban J connectivity index is 1.68. The van der Waals surface area contributed by atoms with E-state index in [0.29, 0.717) is 118 Å². The third-order valence-electron chi connectivity index (χ3n) is 5.28. The molecule has 0 unspecified atom stereocenters. The molecule has 14 nitrogen and oxygen atoms in total. The van der Waals surface area contributed by atoms with Crippen molar-refractivity contribution in [3.63, 3.8) is 0 Å². The van der Waals surface area contributed by atoms with Gasteiger partial charge in [-0.05, 0) is 19.1 Å². The zero-order valence-electron chi connectivity index (χ0n) is 26.4. The molecule has 15 heteroatoms. The lowest BCUT2D eigenvalue weighted by atomic mass is 10.4. The average Bonchev–Trinajstić information content (AvgIpc) is 3.03. The van der Waals surface area contributed by atoms with Crippen LogP contribution in [0.15, 0.2) is 47.4 Å². The second kappa shape index (κ2) is 29.4. The van der Waals surface area contributed by atoms with E-state index in [4.69, 9.17) is 51.6 Å². The van der Waals surface area contributed by atoms with Gasteiger partial charge in [0.05, 0.1) is 130 Å². The van der Waals surface area contributed by atoms with Crippen molar-refractivity contribution in [2.75, 3.05) is 132 Å². The highest BCUT2D eigenvalue weighted by Gasteiger charge is 2.13. The molecule has 0 fully saturated rings. The molecule has 0 saturated heterocycles. The van der Waals surface area contributed by atoms with Crippen LogP contribution in [0.1, 0.15) is 6.92 Å².